The van der Waals surface area contributed by atoms with Crippen LogP contribution in [-0.2, 0) is 0 Å². The molecule has 0 unspecified atom stereocenters. The summed E-state index contributed by atoms with van der Waals surface area (Å²) in [6.07, 6.45) is 3.73. The first-order chi connectivity index (χ1) is 14.1. The van der Waals surface area contributed by atoms with Gasteiger partial charge in [-0.05, 0) is 64.0 Å². The van der Waals surface area contributed by atoms with Crippen molar-refractivity contribution in [3.05, 3.63) is 35.0 Å². The van der Waals surface area contributed by atoms with Crippen LogP contribution in [0.1, 0.15) is 25.0 Å². The Morgan fingerprint density at radius 2 is 2.00 bits per heavy atom. The molecule has 0 atom stereocenters. The lowest BCUT2D eigenvalue weighted by molar-refractivity contribution is 0.337. The van der Waals surface area contributed by atoms with E-state index in [4.69, 9.17) is 16.3 Å². The lowest BCUT2D eigenvalue weighted by atomic mass is 10.3. The fourth-order valence-electron chi connectivity index (χ4n) is 3.59. The highest BCUT2D eigenvalue weighted by Gasteiger charge is 2.13. The molecule has 0 spiro atoms. The third-order valence-electron chi connectivity index (χ3n) is 5.00. The van der Waals surface area contributed by atoms with Gasteiger partial charge in [0.25, 0.3) is 5.78 Å². The number of methoxy groups -OCH3 is 1. The number of halogens is 1. The van der Waals surface area contributed by atoms with Crippen molar-refractivity contribution in [3.8, 4) is 5.75 Å². The summed E-state index contributed by atoms with van der Waals surface area (Å²) in [5.74, 6) is 2.52. The number of hydrogen-bond acceptors (Lipinski definition) is 7. The number of benzene rings is 1. The monoisotopic (exact) mass is 415 g/mol. The summed E-state index contributed by atoms with van der Waals surface area (Å²) in [6, 6.07) is 7.34. The lowest BCUT2D eigenvalue weighted by Crippen LogP contribution is -2.22. The SMILES string of the molecule is COc1ccc(Cl)cc1Nc1nc2nc(C)cc(NCCCN3CCCC3)n2n1. The van der Waals surface area contributed by atoms with Crippen LogP contribution < -0.4 is 15.4 Å². The molecule has 0 radical (unpaired) electrons. The van der Waals surface area contributed by atoms with E-state index >= 15 is 0 Å². The Morgan fingerprint density at radius 3 is 2.79 bits per heavy atom. The summed E-state index contributed by atoms with van der Waals surface area (Å²) in [5, 5.41) is 11.8. The number of rotatable bonds is 8. The molecular weight excluding hydrogens is 390 g/mol. The molecule has 0 saturated carbocycles. The van der Waals surface area contributed by atoms with E-state index in [0.717, 1.165) is 31.0 Å². The van der Waals surface area contributed by atoms with Crippen LogP contribution in [0.2, 0.25) is 5.02 Å². The Balaban J connectivity index is 1.49. The van der Waals surface area contributed by atoms with Gasteiger partial charge in [0.1, 0.15) is 11.6 Å². The Labute approximate surface area is 175 Å². The molecule has 3 aromatic rings. The second-order valence-electron chi connectivity index (χ2n) is 7.23. The fraction of sp³-hybridized carbons (Fsp3) is 0.450. The zero-order valence-corrected chi connectivity index (χ0v) is 17.5. The topological polar surface area (TPSA) is 79.6 Å². The quantitative estimate of drug-likeness (QED) is 0.542. The molecule has 29 heavy (non-hydrogen) atoms. The Hall–Kier alpha value is -2.58. The van der Waals surface area contributed by atoms with Crippen LogP contribution in [0, 0.1) is 6.92 Å². The lowest BCUT2D eigenvalue weighted by Gasteiger charge is -2.15. The molecule has 1 aliphatic rings. The first-order valence-electron chi connectivity index (χ1n) is 9.93. The van der Waals surface area contributed by atoms with Crippen LogP contribution >= 0.6 is 11.6 Å². The highest BCUT2D eigenvalue weighted by molar-refractivity contribution is 6.31. The molecule has 2 N–H and O–H groups in total. The van der Waals surface area contributed by atoms with Crippen LogP contribution in [0.4, 0.5) is 17.5 Å². The highest BCUT2D eigenvalue weighted by Crippen LogP contribution is 2.29. The van der Waals surface area contributed by atoms with Crippen molar-refractivity contribution >= 4 is 34.8 Å². The Kier molecular flexibility index (Phi) is 6.01. The van der Waals surface area contributed by atoms with E-state index in [1.165, 1.54) is 25.9 Å². The highest BCUT2D eigenvalue weighted by atomic mass is 35.5. The van der Waals surface area contributed by atoms with Crippen molar-refractivity contribution in [2.45, 2.75) is 26.2 Å². The van der Waals surface area contributed by atoms with E-state index < -0.39 is 0 Å². The number of ether oxygens (including phenoxy) is 1. The van der Waals surface area contributed by atoms with E-state index in [2.05, 4.69) is 30.6 Å². The summed E-state index contributed by atoms with van der Waals surface area (Å²) < 4.78 is 7.11. The minimum absolute atomic E-state index is 0.434. The predicted octanol–water partition coefficient (Wildman–Crippen LogP) is 3.74. The number of aromatic nitrogens is 4. The molecular formula is C20H26ClN7O. The summed E-state index contributed by atoms with van der Waals surface area (Å²) >= 11 is 6.12. The second kappa shape index (κ2) is 8.84. The number of likely N-dealkylation sites (tertiary alicyclic amines) is 1. The average Bonchev–Trinajstić information content (AvgIpc) is 3.35. The zero-order chi connectivity index (χ0) is 20.2. The van der Waals surface area contributed by atoms with Crippen molar-refractivity contribution in [1.29, 1.82) is 0 Å². The van der Waals surface area contributed by atoms with Crippen LogP contribution in [0.5, 0.6) is 5.75 Å². The number of nitrogens with one attached hydrogen (secondary N) is 2. The summed E-state index contributed by atoms with van der Waals surface area (Å²) in [5.41, 5.74) is 1.59. The van der Waals surface area contributed by atoms with Gasteiger partial charge in [0, 0.05) is 23.3 Å². The predicted molar refractivity (Wildman–Crippen MR) is 116 cm³/mol. The molecule has 8 nitrogen and oxygen atoms in total. The second-order valence-corrected chi connectivity index (χ2v) is 7.67. The van der Waals surface area contributed by atoms with Gasteiger partial charge in [-0.1, -0.05) is 11.6 Å². The molecule has 1 aliphatic heterocycles. The first-order valence-corrected chi connectivity index (χ1v) is 10.3. The largest absolute Gasteiger partial charge is 0.495 e. The molecule has 1 aromatic carbocycles. The van der Waals surface area contributed by atoms with Crippen LogP contribution in [-0.4, -0.2) is 57.8 Å². The normalized spacial score (nSPS) is 14.4. The summed E-state index contributed by atoms with van der Waals surface area (Å²) in [6.45, 7) is 6.41. The maximum absolute atomic E-state index is 6.12. The van der Waals surface area contributed by atoms with Gasteiger partial charge < -0.3 is 20.3 Å². The van der Waals surface area contributed by atoms with E-state index in [0.29, 0.717) is 28.2 Å². The molecule has 2 aromatic heterocycles. The molecule has 0 bridgehead atoms. The maximum atomic E-state index is 6.12. The molecule has 1 saturated heterocycles. The average molecular weight is 416 g/mol. The fourth-order valence-corrected chi connectivity index (χ4v) is 3.76. The van der Waals surface area contributed by atoms with Gasteiger partial charge in [0.15, 0.2) is 0 Å². The minimum Gasteiger partial charge on any atom is -0.495 e. The minimum atomic E-state index is 0.434. The van der Waals surface area contributed by atoms with Crippen LogP contribution in [0.25, 0.3) is 5.78 Å². The first kappa shape index (κ1) is 19.7. The van der Waals surface area contributed by atoms with Gasteiger partial charge in [0.05, 0.1) is 12.8 Å². The number of hydrogen-bond donors (Lipinski definition) is 2. The molecule has 4 rings (SSSR count). The van der Waals surface area contributed by atoms with Crippen LogP contribution in [0.15, 0.2) is 24.3 Å². The van der Waals surface area contributed by atoms with E-state index in [1.807, 2.05) is 13.0 Å². The van der Waals surface area contributed by atoms with E-state index in [1.54, 1.807) is 29.8 Å². The van der Waals surface area contributed by atoms with Gasteiger partial charge in [-0.15, -0.1) is 5.10 Å². The molecule has 9 heteroatoms. The van der Waals surface area contributed by atoms with Crippen molar-refractivity contribution in [1.82, 2.24) is 24.5 Å². The Morgan fingerprint density at radius 1 is 1.17 bits per heavy atom. The van der Waals surface area contributed by atoms with Gasteiger partial charge in [0.2, 0.25) is 5.95 Å². The number of fused-ring (bicyclic) bond motifs is 1. The van der Waals surface area contributed by atoms with E-state index in [-0.39, 0.29) is 0 Å². The van der Waals surface area contributed by atoms with Gasteiger partial charge in [-0.25, -0.2) is 4.98 Å². The maximum Gasteiger partial charge on any atom is 0.256 e. The third kappa shape index (κ3) is 4.71. The molecule has 0 amide bonds. The number of nitrogens with zero attached hydrogens (tertiary/aromatic N) is 5. The van der Waals surface area contributed by atoms with Crippen molar-refractivity contribution in [3.63, 3.8) is 0 Å². The van der Waals surface area contributed by atoms with Gasteiger partial charge in [-0.2, -0.15) is 9.50 Å². The van der Waals surface area contributed by atoms with Crippen LogP contribution in [0.3, 0.4) is 0 Å². The zero-order valence-electron chi connectivity index (χ0n) is 16.8. The molecule has 1 fully saturated rings. The molecule has 3 heterocycles. The standard InChI is InChI=1S/C20H26ClN7O/c1-14-12-18(22-8-5-11-27-9-3-4-10-27)28-20(23-14)25-19(26-28)24-16-13-15(21)6-7-17(16)29-2/h6-7,12-13,22H,3-5,8-11H2,1-2H3,(H,24,26). The number of anilines is 3. The van der Waals surface area contributed by atoms with Crippen molar-refractivity contribution in [2.75, 3.05) is 43.9 Å². The molecule has 154 valence electrons. The van der Waals surface area contributed by atoms with Crippen molar-refractivity contribution < 1.29 is 4.74 Å². The van der Waals surface area contributed by atoms with Gasteiger partial charge in [-0.3, -0.25) is 0 Å². The third-order valence-corrected chi connectivity index (χ3v) is 5.24. The summed E-state index contributed by atoms with van der Waals surface area (Å²) in [4.78, 5) is 11.5. The summed E-state index contributed by atoms with van der Waals surface area (Å²) in [7, 11) is 1.61. The van der Waals surface area contributed by atoms with E-state index in [9.17, 15) is 0 Å². The Bertz CT molecular complexity index is 984. The smallest absolute Gasteiger partial charge is 0.256 e. The molecule has 0 aliphatic carbocycles. The number of aryl methyl sites for hydroxylation is 1. The van der Waals surface area contributed by atoms with Gasteiger partial charge >= 0.3 is 0 Å². The van der Waals surface area contributed by atoms with Crippen molar-refractivity contribution in [2.24, 2.45) is 0 Å².